The molecule has 2 aliphatic rings. The number of carbonyl (C=O) groups is 2. The van der Waals surface area contributed by atoms with E-state index in [1.807, 2.05) is 0 Å². The highest BCUT2D eigenvalue weighted by atomic mass is 19.4. The van der Waals surface area contributed by atoms with Gasteiger partial charge < -0.3 is 0 Å². The maximum Gasteiger partial charge on any atom is 0.416 e. The fourth-order valence-corrected chi connectivity index (χ4v) is 3.25. The summed E-state index contributed by atoms with van der Waals surface area (Å²) in [7, 11) is 0. The van der Waals surface area contributed by atoms with Crippen molar-refractivity contribution in [2.45, 2.75) is 12.1 Å². The molecule has 2 aliphatic heterocycles. The number of benzene rings is 1. The predicted octanol–water partition coefficient (Wildman–Crippen LogP) is 2.87. The van der Waals surface area contributed by atoms with E-state index >= 15 is 0 Å². The van der Waals surface area contributed by atoms with E-state index in [2.05, 4.69) is 9.97 Å². The Bertz CT molecular complexity index is 1000. The van der Waals surface area contributed by atoms with Crippen LogP contribution in [0.15, 0.2) is 67.0 Å². The first-order valence-corrected chi connectivity index (χ1v) is 8.32. The lowest BCUT2D eigenvalue weighted by atomic mass is 9.91. The van der Waals surface area contributed by atoms with Gasteiger partial charge in [0.2, 0.25) is 11.8 Å². The highest BCUT2D eigenvalue weighted by Gasteiger charge is 2.45. The molecule has 1 atom stereocenters. The predicted molar refractivity (Wildman–Crippen MR) is 92.6 cm³/mol. The van der Waals surface area contributed by atoms with Gasteiger partial charge in [-0.25, -0.2) is 9.97 Å². The molecule has 0 N–H and O–H groups in total. The van der Waals surface area contributed by atoms with E-state index in [1.54, 1.807) is 18.2 Å². The molecule has 9 heteroatoms. The van der Waals surface area contributed by atoms with E-state index in [4.69, 9.17) is 0 Å². The number of halogens is 3. The van der Waals surface area contributed by atoms with Gasteiger partial charge in [0, 0.05) is 6.54 Å². The zero-order valence-electron chi connectivity index (χ0n) is 14.3. The van der Waals surface area contributed by atoms with Crippen LogP contribution in [-0.4, -0.2) is 33.2 Å². The number of nitrogens with zero attached hydrogens (tertiary/aromatic N) is 4. The lowest BCUT2D eigenvalue weighted by Crippen LogP contribution is -2.54. The van der Waals surface area contributed by atoms with Crippen molar-refractivity contribution in [2.24, 2.45) is 0 Å². The van der Waals surface area contributed by atoms with Crippen LogP contribution >= 0.6 is 0 Å². The van der Waals surface area contributed by atoms with Crippen molar-refractivity contribution in [3.63, 3.8) is 0 Å². The van der Waals surface area contributed by atoms with Crippen molar-refractivity contribution in [3.8, 4) is 0 Å². The Morgan fingerprint density at radius 1 is 1.07 bits per heavy atom. The van der Waals surface area contributed by atoms with Gasteiger partial charge in [0.1, 0.15) is 18.1 Å². The summed E-state index contributed by atoms with van der Waals surface area (Å²) in [6, 6.07) is 4.29. The normalized spacial score (nSPS) is 19.5. The summed E-state index contributed by atoms with van der Waals surface area (Å²) in [4.78, 5) is 36.6. The third-order valence-corrected chi connectivity index (χ3v) is 4.51. The molecule has 6 nitrogen and oxygen atoms in total. The minimum atomic E-state index is -4.58. The van der Waals surface area contributed by atoms with Crippen molar-refractivity contribution in [1.29, 1.82) is 0 Å². The molecule has 3 heterocycles. The molecule has 1 aromatic heterocycles. The minimum absolute atomic E-state index is 0.0136. The number of allylic oxidation sites excluding steroid dienone is 2. The molecule has 2 aromatic rings. The van der Waals surface area contributed by atoms with Crippen molar-refractivity contribution in [1.82, 2.24) is 14.9 Å². The van der Waals surface area contributed by atoms with Crippen molar-refractivity contribution in [3.05, 3.63) is 78.2 Å². The van der Waals surface area contributed by atoms with Crippen molar-refractivity contribution in [2.75, 3.05) is 11.4 Å². The van der Waals surface area contributed by atoms with Crippen LogP contribution in [0.2, 0.25) is 0 Å². The number of hydrogen-bond donors (Lipinski definition) is 0. The van der Waals surface area contributed by atoms with Gasteiger partial charge in [-0.3, -0.25) is 19.4 Å². The second-order valence-corrected chi connectivity index (χ2v) is 6.23. The lowest BCUT2D eigenvalue weighted by molar-refractivity contribution is -0.140. The van der Waals surface area contributed by atoms with Crippen LogP contribution in [0.4, 0.5) is 18.9 Å². The van der Waals surface area contributed by atoms with E-state index in [-0.39, 0.29) is 12.1 Å². The minimum Gasteiger partial charge on any atom is -0.293 e. The molecule has 142 valence electrons. The monoisotopic (exact) mass is 386 g/mol. The van der Waals surface area contributed by atoms with Gasteiger partial charge in [0.15, 0.2) is 0 Å². The molecule has 2 amide bonds. The molecular formula is C19H13F3N4O2. The quantitative estimate of drug-likeness (QED) is 0.745. The summed E-state index contributed by atoms with van der Waals surface area (Å²) in [5, 5.41) is 0. The smallest absolute Gasteiger partial charge is 0.293 e. The Morgan fingerprint density at radius 3 is 2.54 bits per heavy atom. The van der Waals surface area contributed by atoms with E-state index in [0.29, 0.717) is 11.5 Å². The third kappa shape index (κ3) is 2.94. The zero-order chi connectivity index (χ0) is 19.9. The molecule has 0 bridgehead atoms. The molecule has 0 radical (unpaired) electrons. The molecule has 1 unspecified atom stereocenters. The number of hydrogen-bond acceptors (Lipinski definition) is 4. The van der Waals surface area contributed by atoms with Gasteiger partial charge in [-0.15, -0.1) is 0 Å². The Balaban J connectivity index is 1.83. The summed E-state index contributed by atoms with van der Waals surface area (Å²) in [5.74, 6) is -2.31. The second-order valence-electron chi connectivity index (χ2n) is 6.23. The fourth-order valence-electron chi connectivity index (χ4n) is 3.25. The number of aromatic nitrogens is 2. The van der Waals surface area contributed by atoms with Gasteiger partial charge in [-0.05, 0) is 17.7 Å². The molecule has 28 heavy (non-hydrogen) atoms. The molecule has 0 aliphatic carbocycles. The second kappa shape index (κ2) is 6.59. The van der Waals surface area contributed by atoms with Crippen molar-refractivity contribution < 1.29 is 22.8 Å². The summed E-state index contributed by atoms with van der Waals surface area (Å²) in [6.07, 6.45) is 4.54. The van der Waals surface area contributed by atoms with Crippen LogP contribution in [0.5, 0.6) is 0 Å². The van der Waals surface area contributed by atoms with Crippen LogP contribution in [0.3, 0.4) is 0 Å². The number of carbonyl (C=O) groups excluding carboxylic acids is 2. The first-order chi connectivity index (χ1) is 13.4. The number of amides is 2. The number of anilines is 1. The maximum atomic E-state index is 13.2. The summed E-state index contributed by atoms with van der Waals surface area (Å²) < 4.78 is 39.3. The Labute approximate surface area is 157 Å². The van der Waals surface area contributed by atoms with Gasteiger partial charge in [0.25, 0.3) is 0 Å². The molecule has 0 spiro atoms. The average molecular weight is 386 g/mol. The van der Waals surface area contributed by atoms with E-state index in [1.165, 1.54) is 40.7 Å². The van der Waals surface area contributed by atoms with E-state index < -0.39 is 29.5 Å². The Morgan fingerprint density at radius 2 is 1.82 bits per heavy atom. The fraction of sp³-hybridized carbons (Fsp3) is 0.158. The largest absolute Gasteiger partial charge is 0.416 e. The van der Waals surface area contributed by atoms with Gasteiger partial charge in [0.05, 0.1) is 23.6 Å². The third-order valence-electron chi connectivity index (χ3n) is 4.51. The maximum absolute atomic E-state index is 13.2. The molecule has 4 rings (SSSR count). The lowest BCUT2D eigenvalue weighted by Gasteiger charge is -2.41. The molecule has 0 saturated carbocycles. The summed E-state index contributed by atoms with van der Waals surface area (Å²) in [6.45, 7) is 0.206. The van der Waals surface area contributed by atoms with E-state index in [9.17, 15) is 22.8 Å². The van der Waals surface area contributed by atoms with Gasteiger partial charge in [-0.1, -0.05) is 30.4 Å². The molecular weight excluding hydrogens is 373 g/mol. The number of alkyl halides is 3. The van der Waals surface area contributed by atoms with Crippen LogP contribution in [0.1, 0.15) is 17.0 Å². The zero-order valence-corrected chi connectivity index (χ0v) is 14.3. The molecule has 1 fully saturated rings. The Hall–Kier alpha value is -3.49. The van der Waals surface area contributed by atoms with Gasteiger partial charge in [-0.2, -0.15) is 13.2 Å². The highest BCUT2D eigenvalue weighted by molar-refractivity contribution is 6.17. The van der Waals surface area contributed by atoms with Crippen LogP contribution < -0.4 is 4.90 Å². The van der Waals surface area contributed by atoms with Crippen LogP contribution in [0.25, 0.3) is 0 Å². The standard InChI is InChI=1S/C19H13F3N4O2/c20-19(21,22)13-5-3-4-12(8-13)16-17(27)25-7-2-1-6-15(25)26(18(16)28)14-9-23-11-24-10-14/h1-6,8-11,16H,7H2. The number of rotatable bonds is 2. The molecule has 1 aromatic carbocycles. The SMILES string of the molecule is O=C1C(c2cccc(C(F)(F)F)c2)C(=O)N(c2cncnc2)C2=CC=CCN12. The van der Waals surface area contributed by atoms with Gasteiger partial charge >= 0.3 is 6.18 Å². The first-order valence-electron chi connectivity index (χ1n) is 8.32. The average Bonchev–Trinajstić information content (AvgIpc) is 2.69. The topological polar surface area (TPSA) is 66.4 Å². The van der Waals surface area contributed by atoms with E-state index in [0.717, 1.165) is 12.1 Å². The summed E-state index contributed by atoms with van der Waals surface area (Å²) in [5.41, 5.74) is -0.608. The van der Waals surface area contributed by atoms with Crippen LogP contribution in [-0.2, 0) is 15.8 Å². The highest BCUT2D eigenvalue weighted by Crippen LogP contribution is 2.37. The van der Waals surface area contributed by atoms with Crippen LogP contribution in [0, 0.1) is 0 Å². The summed E-state index contributed by atoms with van der Waals surface area (Å²) >= 11 is 0. The van der Waals surface area contributed by atoms with Crippen molar-refractivity contribution >= 4 is 17.5 Å². The first kappa shape index (κ1) is 17.9. The Kier molecular flexibility index (Phi) is 4.21. The molecule has 1 saturated heterocycles. The number of fused-ring (bicyclic) bond motifs is 1.